The van der Waals surface area contributed by atoms with E-state index in [9.17, 15) is 36.0 Å². The maximum atomic E-state index is 12.7. The molecule has 0 saturated carbocycles. The lowest BCUT2D eigenvalue weighted by atomic mass is 9.98. The molecule has 0 aromatic heterocycles. The van der Waals surface area contributed by atoms with Gasteiger partial charge in [0.2, 0.25) is 0 Å². The Morgan fingerprint density at radius 3 is 2.33 bits per heavy atom. The van der Waals surface area contributed by atoms with Crippen molar-refractivity contribution in [2.75, 3.05) is 6.61 Å². The predicted molar refractivity (Wildman–Crippen MR) is 103 cm³/mol. The first-order chi connectivity index (χ1) is 13.8. The Balaban J connectivity index is 2.00. The van der Waals surface area contributed by atoms with Gasteiger partial charge in [-0.15, -0.1) is 0 Å². The van der Waals surface area contributed by atoms with Crippen molar-refractivity contribution in [3.8, 4) is 0 Å². The van der Waals surface area contributed by atoms with Crippen LogP contribution in [-0.2, 0) is 14.9 Å². The summed E-state index contributed by atoms with van der Waals surface area (Å²) in [6.07, 6.45) is -5.72. The Labute approximate surface area is 169 Å². The Kier molecular flexibility index (Phi) is 5.52. The molecule has 0 amide bonds. The van der Waals surface area contributed by atoms with Gasteiger partial charge in [0.05, 0.1) is 12.2 Å². The number of hydrogen-bond donors (Lipinski definition) is 2. The molecule has 0 radical (unpaired) electrons. The summed E-state index contributed by atoms with van der Waals surface area (Å²) in [4.78, 5) is 12.1. The highest BCUT2D eigenvalue weighted by atomic mass is 32.2. The van der Waals surface area contributed by atoms with Crippen LogP contribution in [0.2, 0.25) is 0 Å². The number of halogens is 3. The molecule has 0 aliphatic heterocycles. The second kappa shape index (κ2) is 7.53. The van der Waals surface area contributed by atoms with Gasteiger partial charge in [-0.25, -0.2) is 4.79 Å². The zero-order valence-electron chi connectivity index (χ0n) is 15.6. The van der Waals surface area contributed by atoms with Crippen LogP contribution in [-0.4, -0.2) is 42.4 Å². The Hall–Kier alpha value is -2.69. The van der Waals surface area contributed by atoms with Crippen molar-refractivity contribution in [2.24, 2.45) is 0 Å². The summed E-state index contributed by atoms with van der Waals surface area (Å²) in [5, 5.41) is 10.8. The SMILES string of the molecule is CC(O)(CCOC(=O)c1cccc2c1ccc1cccc(S(=O)(=O)O)c12)C(F)(F)F. The first-order valence-corrected chi connectivity index (χ1v) is 10.1. The van der Waals surface area contributed by atoms with Gasteiger partial charge < -0.3 is 9.84 Å². The van der Waals surface area contributed by atoms with Crippen LogP contribution >= 0.6 is 0 Å². The molecule has 1 unspecified atom stereocenters. The van der Waals surface area contributed by atoms with E-state index in [0.29, 0.717) is 23.1 Å². The Bertz CT molecular complexity index is 1230. The second-order valence-corrected chi connectivity index (χ2v) is 8.34. The molecule has 30 heavy (non-hydrogen) atoms. The lowest BCUT2D eigenvalue weighted by Crippen LogP contribution is -2.43. The van der Waals surface area contributed by atoms with Crippen LogP contribution < -0.4 is 0 Å². The number of carbonyl (C=O) groups excluding carboxylic acids is 1. The van der Waals surface area contributed by atoms with Gasteiger partial charge in [0, 0.05) is 11.8 Å². The fraction of sp³-hybridized carbons (Fsp3) is 0.250. The molecular formula is C20H17F3O6S. The molecule has 0 bridgehead atoms. The van der Waals surface area contributed by atoms with E-state index in [-0.39, 0.29) is 15.8 Å². The standard InChI is InChI=1S/C20H17F3O6S/c1-19(25,20(21,22)23)10-11-29-18(24)15-6-3-5-14-13(15)9-8-12-4-2-7-16(17(12)14)30(26,27)28/h2-9,25H,10-11H2,1H3,(H,26,27,28). The number of ether oxygens (including phenoxy) is 1. The monoisotopic (exact) mass is 442 g/mol. The summed E-state index contributed by atoms with van der Waals surface area (Å²) in [6, 6.07) is 11.8. The molecule has 0 saturated heterocycles. The molecular weight excluding hydrogens is 425 g/mol. The third kappa shape index (κ3) is 4.11. The van der Waals surface area contributed by atoms with Crippen molar-refractivity contribution >= 4 is 37.6 Å². The third-order valence-electron chi connectivity index (χ3n) is 4.79. The molecule has 2 N–H and O–H groups in total. The van der Waals surface area contributed by atoms with E-state index in [1.807, 2.05) is 0 Å². The van der Waals surface area contributed by atoms with Crippen LogP contribution in [0.15, 0.2) is 53.4 Å². The summed E-state index contributed by atoms with van der Waals surface area (Å²) in [6.45, 7) is -0.0900. The fourth-order valence-electron chi connectivity index (χ4n) is 3.07. The average Bonchev–Trinajstić information content (AvgIpc) is 2.64. The first kappa shape index (κ1) is 22.0. The first-order valence-electron chi connectivity index (χ1n) is 8.71. The maximum Gasteiger partial charge on any atom is 0.417 e. The van der Waals surface area contributed by atoms with Crippen molar-refractivity contribution in [2.45, 2.75) is 30.0 Å². The van der Waals surface area contributed by atoms with Gasteiger partial charge in [-0.1, -0.05) is 36.4 Å². The van der Waals surface area contributed by atoms with Gasteiger partial charge >= 0.3 is 12.1 Å². The van der Waals surface area contributed by atoms with Gasteiger partial charge in [0.25, 0.3) is 10.1 Å². The van der Waals surface area contributed by atoms with E-state index in [2.05, 4.69) is 0 Å². The molecule has 6 nitrogen and oxygen atoms in total. The Morgan fingerprint density at radius 2 is 1.70 bits per heavy atom. The molecule has 0 fully saturated rings. The van der Waals surface area contributed by atoms with E-state index in [0.717, 1.165) is 0 Å². The molecule has 0 aliphatic rings. The lowest BCUT2D eigenvalue weighted by Gasteiger charge is -2.25. The highest BCUT2D eigenvalue weighted by Gasteiger charge is 2.49. The minimum absolute atomic E-state index is 0.00573. The molecule has 0 aliphatic carbocycles. The number of benzene rings is 3. The number of fused-ring (bicyclic) bond motifs is 3. The van der Waals surface area contributed by atoms with Gasteiger partial charge in [0.15, 0.2) is 5.60 Å². The van der Waals surface area contributed by atoms with Gasteiger partial charge in [-0.3, -0.25) is 4.55 Å². The highest BCUT2D eigenvalue weighted by molar-refractivity contribution is 7.86. The number of rotatable bonds is 5. The number of carbonyl (C=O) groups is 1. The smallest absolute Gasteiger partial charge is 0.417 e. The van der Waals surface area contributed by atoms with E-state index in [1.54, 1.807) is 24.3 Å². The minimum atomic E-state index is -4.87. The zero-order chi connectivity index (χ0) is 22.3. The van der Waals surface area contributed by atoms with E-state index >= 15 is 0 Å². The quantitative estimate of drug-likeness (QED) is 0.351. The maximum absolute atomic E-state index is 12.7. The van der Waals surface area contributed by atoms with Crippen LogP contribution in [0.1, 0.15) is 23.7 Å². The van der Waals surface area contributed by atoms with Crippen LogP contribution in [0, 0.1) is 0 Å². The van der Waals surface area contributed by atoms with Crippen molar-refractivity contribution in [3.05, 3.63) is 54.1 Å². The largest absolute Gasteiger partial charge is 0.462 e. The molecule has 160 valence electrons. The van der Waals surface area contributed by atoms with E-state index in [4.69, 9.17) is 4.74 Å². The van der Waals surface area contributed by atoms with E-state index < -0.39 is 40.9 Å². The fourth-order valence-corrected chi connectivity index (χ4v) is 3.80. The van der Waals surface area contributed by atoms with E-state index in [1.165, 1.54) is 24.3 Å². The summed E-state index contributed by atoms with van der Waals surface area (Å²) in [5.41, 5.74) is -3.00. The Morgan fingerprint density at radius 1 is 1.03 bits per heavy atom. The number of aliphatic hydroxyl groups is 1. The van der Waals surface area contributed by atoms with Crippen LogP contribution in [0.25, 0.3) is 21.5 Å². The predicted octanol–water partition coefficient (Wildman–Crippen LogP) is 4.10. The molecule has 1 atom stereocenters. The van der Waals surface area contributed by atoms with Crippen molar-refractivity contribution in [1.82, 2.24) is 0 Å². The molecule has 0 heterocycles. The summed E-state index contributed by atoms with van der Waals surface area (Å²) < 4.78 is 76.1. The average molecular weight is 442 g/mol. The topological polar surface area (TPSA) is 101 Å². The molecule has 3 aromatic rings. The normalized spacial score (nSPS) is 14.6. The third-order valence-corrected chi connectivity index (χ3v) is 5.69. The molecule has 10 heteroatoms. The van der Waals surface area contributed by atoms with Gasteiger partial charge in [0.1, 0.15) is 4.90 Å². The number of alkyl halides is 3. The van der Waals surface area contributed by atoms with Gasteiger partial charge in [-0.2, -0.15) is 21.6 Å². The lowest BCUT2D eigenvalue weighted by molar-refractivity contribution is -0.256. The summed E-state index contributed by atoms with van der Waals surface area (Å²) in [5.74, 6) is -0.928. The summed E-state index contributed by atoms with van der Waals surface area (Å²) in [7, 11) is -4.55. The number of esters is 1. The highest BCUT2D eigenvalue weighted by Crippen LogP contribution is 2.34. The van der Waals surface area contributed by atoms with Crippen molar-refractivity contribution in [3.63, 3.8) is 0 Å². The zero-order valence-corrected chi connectivity index (χ0v) is 16.4. The molecule has 3 rings (SSSR count). The van der Waals surface area contributed by atoms with Crippen LogP contribution in [0.5, 0.6) is 0 Å². The second-order valence-electron chi connectivity index (χ2n) is 6.95. The van der Waals surface area contributed by atoms with Crippen LogP contribution in [0.4, 0.5) is 13.2 Å². The molecule has 3 aromatic carbocycles. The van der Waals surface area contributed by atoms with Crippen LogP contribution in [0.3, 0.4) is 0 Å². The molecule has 0 spiro atoms. The van der Waals surface area contributed by atoms with Crippen molar-refractivity contribution < 1.29 is 40.8 Å². The minimum Gasteiger partial charge on any atom is -0.462 e. The number of hydrogen-bond acceptors (Lipinski definition) is 5. The van der Waals surface area contributed by atoms with Gasteiger partial charge in [-0.05, 0) is 35.2 Å². The summed E-state index contributed by atoms with van der Waals surface area (Å²) >= 11 is 0. The van der Waals surface area contributed by atoms with Crippen molar-refractivity contribution in [1.29, 1.82) is 0 Å².